The summed E-state index contributed by atoms with van der Waals surface area (Å²) < 4.78 is 13.3. The molecule has 5 nitrogen and oxygen atoms in total. The first-order valence-corrected chi connectivity index (χ1v) is 17.6. The summed E-state index contributed by atoms with van der Waals surface area (Å²) in [6.45, 7) is 0. The third kappa shape index (κ3) is 5.27. The molecule has 10 rings (SSSR count). The predicted octanol–water partition coefficient (Wildman–Crippen LogP) is 5.97. The van der Waals surface area contributed by atoms with Gasteiger partial charge in [-0.15, -0.1) is 16.4 Å². The van der Waals surface area contributed by atoms with Gasteiger partial charge in [0.25, 0.3) is 0 Å². The molecule has 0 aliphatic heterocycles. The van der Waals surface area contributed by atoms with Crippen LogP contribution in [-0.2, 0) is 0 Å². The molecule has 0 amide bonds. The molecule has 55 heavy (non-hydrogen) atoms. The van der Waals surface area contributed by atoms with Crippen molar-refractivity contribution in [2.75, 3.05) is 0 Å². The van der Waals surface area contributed by atoms with Crippen molar-refractivity contribution < 1.29 is 8.83 Å². The van der Waals surface area contributed by atoms with Gasteiger partial charge in [-0.05, 0) is 23.3 Å². The maximum atomic E-state index is 6.86. The fraction of sp³-hybridized carbons (Fsp3) is 0. The fourth-order valence-electron chi connectivity index (χ4n) is 7.46. The highest BCUT2D eigenvalue weighted by Gasteiger charge is 2.21. The SMILES string of the molecule is [B]c1c([B])c([B])c(-c2ccc(-c3nc(-c4ccccc4)nc(-c4cccc5c4oc4c(-c6cccc7c6oc6ccccc67)cccc45)n3)cc2)c([B])c1[B]. The summed E-state index contributed by atoms with van der Waals surface area (Å²) in [4.78, 5) is 15.0. The molecule has 0 saturated heterocycles. The van der Waals surface area contributed by atoms with Crippen LogP contribution in [0.15, 0.2) is 142 Å². The van der Waals surface area contributed by atoms with Gasteiger partial charge >= 0.3 is 0 Å². The Morgan fingerprint density at radius 2 is 0.764 bits per heavy atom. The molecule has 3 heterocycles. The van der Waals surface area contributed by atoms with Crippen molar-refractivity contribution in [2.45, 2.75) is 0 Å². The first kappa shape index (κ1) is 33.1. The van der Waals surface area contributed by atoms with Crippen LogP contribution in [0.1, 0.15) is 0 Å². The molecule has 0 bridgehead atoms. The molecule has 10 aromatic rings. The Bertz CT molecular complexity index is 3130. The van der Waals surface area contributed by atoms with Crippen LogP contribution in [0.25, 0.3) is 100 Å². The van der Waals surface area contributed by atoms with Crippen molar-refractivity contribution in [2.24, 2.45) is 0 Å². The summed E-state index contributed by atoms with van der Waals surface area (Å²) in [5.41, 5.74) is 9.58. The van der Waals surface area contributed by atoms with Crippen molar-refractivity contribution in [3.63, 3.8) is 0 Å². The highest BCUT2D eigenvalue weighted by Crippen LogP contribution is 2.43. The maximum Gasteiger partial charge on any atom is 0.167 e. The van der Waals surface area contributed by atoms with Crippen LogP contribution in [0.4, 0.5) is 0 Å². The Labute approximate surface area is 322 Å². The molecule has 0 aliphatic rings. The fourth-order valence-corrected chi connectivity index (χ4v) is 7.46. The molecule has 0 spiro atoms. The summed E-state index contributed by atoms with van der Waals surface area (Å²) in [6, 6.07) is 43.9. The lowest BCUT2D eigenvalue weighted by Gasteiger charge is -2.21. The number of fused-ring (bicyclic) bond motifs is 6. The van der Waals surface area contributed by atoms with Gasteiger partial charge in [-0.1, -0.05) is 132 Å². The van der Waals surface area contributed by atoms with E-state index in [1.165, 1.54) is 0 Å². The van der Waals surface area contributed by atoms with Gasteiger partial charge in [0.2, 0.25) is 0 Å². The topological polar surface area (TPSA) is 65.0 Å². The molecular formula is C45H22B5N3O2. The lowest BCUT2D eigenvalue weighted by Crippen LogP contribution is -2.55. The summed E-state index contributed by atoms with van der Waals surface area (Å²) in [6.07, 6.45) is 0. The summed E-state index contributed by atoms with van der Waals surface area (Å²) in [5.74, 6) is 1.45. The summed E-state index contributed by atoms with van der Waals surface area (Å²) in [5, 5.41) is 4.03. The zero-order valence-electron chi connectivity index (χ0n) is 29.2. The predicted molar refractivity (Wildman–Crippen MR) is 229 cm³/mol. The van der Waals surface area contributed by atoms with Crippen LogP contribution >= 0.6 is 0 Å². The first-order chi connectivity index (χ1) is 26.9. The minimum atomic E-state index is 0.167. The summed E-state index contributed by atoms with van der Waals surface area (Å²) in [7, 11) is 31.1. The largest absolute Gasteiger partial charge is 0.455 e. The van der Waals surface area contributed by atoms with E-state index < -0.39 is 0 Å². The molecule has 0 aliphatic carbocycles. The second kappa shape index (κ2) is 12.8. The van der Waals surface area contributed by atoms with Crippen molar-refractivity contribution in [1.82, 2.24) is 15.0 Å². The van der Waals surface area contributed by atoms with Crippen LogP contribution < -0.4 is 27.3 Å². The number of benzene rings is 7. The quantitative estimate of drug-likeness (QED) is 0.208. The van der Waals surface area contributed by atoms with E-state index in [1.54, 1.807) is 0 Å². The number of aromatic nitrogens is 3. The van der Waals surface area contributed by atoms with Gasteiger partial charge in [-0.3, -0.25) is 0 Å². The second-order valence-corrected chi connectivity index (χ2v) is 13.4. The summed E-state index contributed by atoms with van der Waals surface area (Å²) >= 11 is 0. The normalized spacial score (nSPS) is 11.6. The first-order valence-electron chi connectivity index (χ1n) is 17.6. The molecule has 0 fully saturated rings. The van der Waals surface area contributed by atoms with Crippen molar-refractivity contribution in [1.29, 1.82) is 0 Å². The standard InChI is InChI=1S/C45H22B5N3O2/c46-35-34(36(47)38(49)39(50)37(35)48)23-19-21-25(22-20-23)44-51-43(24-9-2-1-3-10-24)52-45(53-44)32-17-8-16-31-30-15-7-14-29(41(30)55-42(31)32)28-13-6-12-27-26-11-4-5-18-33(26)54-40(27)28/h1-22H. The van der Waals surface area contributed by atoms with E-state index in [0.29, 0.717) is 28.6 Å². The van der Waals surface area contributed by atoms with Crippen molar-refractivity contribution >= 4 is 110 Å². The van der Waals surface area contributed by atoms with E-state index in [9.17, 15) is 0 Å². The molecule has 7 aromatic carbocycles. The van der Waals surface area contributed by atoms with Crippen LogP contribution in [0, 0.1) is 0 Å². The number of hydrogen-bond donors (Lipinski definition) is 0. The smallest absolute Gasteiger partial charge is 0.167 e. The van der Waals surface area contributed by atoms with Crippen LogP contribution in [0.2, 0.25) is 0 Å². The minimum Gasteiger partial charge on any atom is -0.455 e. The molecule has 10 radical (unpaired) electrons. The number of furan rings is 2. The van der Waals surface area contributed by atoms with Gasteiger partial charge in [0, 0.05) is 43.8 Å². The molecule has 244 valence electrons. The zero-order valence-corrected chi connectivity index (χ0v) is 29.2. The maximum absolute atomic E-state index is 6.86. The van der Waals surface area contributed by atoms with Crippen molar-refractivity contribution in [3.05, 3.63) is 133 Å². The average molecular weight is 691 g/mol. The van der Waals surface area contributed by atoms with E-state index in [1.807, 2.05) is 91.0 Å². The monoisotopic (exact) mass is 691 g/mol. The molecule has 3 aromatic heterocycles. The number of nitrogens with zero attached hydrogens (tertiary/aromatic N) is 3. The van der Waals surface area contributed by atoms with E-state index in [2.05, 4.69) is 42.5 Å². The van der Waals surface area contributed by atoms with Crippen LogP contribution in [0.5, 0.6) is 0 Å². The molecule has 0 atom stereocenters. The van der Waals surface area contributed by atoms with Gasteiger partial charge in [0.15, 0.2) is 17.5 Å². The Morgan fingerprint density at radius 1 is 0.327 bits per heavy atom. The van der Waals surface area contributed by atoms with Gasteiger partial charge in [0.05, 0.1) is 5.56 Å². The van der Waals surface area contributed by atoms with E-state index >= 15 is 0 Å². The average Bonchev–Trinajstić information content (AvgIpc) is 3.82. The van der Waals surface area contributed by atoms with Crippen LogP contribution in [-0.4, -0.2) is 54.2 Å². The Hall–Kier alpha value is -6.53. The molecule has 10 heteroatoms. The zero-order chi connectivity index (χ0) is 37.4. The Morgan fingerprint density at radius 3 is 1.40 bits per heavy atom. The Balaban J connectivity index is 1.14. The third-order valence-electron chi connectivity index (χ3n) is 10.3. The van der Waals surface area contributed by atoms with Crippen molar-refractivity contribution in [3.8, 4) is 56.4 Å². The molecule has 0 N–H and O–H groups in total. The number of para-hydroxylation sites is 4. The second-order valence-electron chi connectivity index (χ2n) is 13.4. The van der Waals surface area contributed by atoms with Gasteiger partial charge in [-0.2, -0.15) is 0 Å². The molecule has 0 unspecified atom stereocenters. The van der Waals surface area contributed by atoms with E-state index in [-0.39, 0.29) is 27.3 Å². The van der Waals surface area contributed by atoms with Gasteiger partial charge in [0.1, 0.15) is 61.6 Å². The highest BCUT2D eigenvalue weighted by molar-refractivity contribution is 6.68. The van der Waals surface area contributed by atoms with Gasteiger partial charge in [-0.25, -0.2) is 15.0 Å². The third-order valence-corrected chi connectivity index (χ3v) is 10.3. The van der Waals surface area contributed by atoms with Crippen LogP contribution in [0.3, 0.4) is 0 Å². The highest BCUT2D eigenvalue weighted by atomic mass is 16.3. The van der Waals surface area contributed by atoms with E-state index in [0.717, 1.165) is 71.7 Å². The van der Waals surface area contributed by atoms with Gasteiger partial charge < -0.3 is 8.83 Å². The molecular weight excluding hydrogens is 669 g/mol. The van der Waals surface area contributed by atoms with E-state index in [4.69, 9.17) is 63.0 Å². The number of hydrogen-bond acceptors (Lipinski definition) is 5. The number of rotatable bonds is 5. The Kier molecular flexibility index (Phi) is 7.70. The lowest BCUT2D eigenvalue weighted by molar-refractivity contribution is 0.665. The molecule has 0 saturated carbocycles. The minimum absolute atomic E-state index is 0.167. The lowest BCUT2D eigenvalue weighted by atomic mass is 9.59.